The molecule has 134 valence electrons. The molecule has 1 aliphatic carbocycles. The fraction of sp³-hybridized carbons (Fsp3) is 0.667. The normalized spacial score (nSPS) is 19.8. The van der Waals surface area contributed by atoms with Gasteiger partial charge in [-0.3, -0.25) is 0 Å². The number of aliphatic hydroxyl groups excluding tert-OH is 1. The average molecular weight is 345 g/mol. The quantitative estimate of drug-likeness (QED) is 0.761. The number of halogens is 3. The first-order chi connectivity index (χ1) is 11.1. The Hall–Kier alpha value is -1.90. The first kappa shape index (κ1) is 18.4. The standard InChI is InChI=1S/C15H22F3N5O/c1-8(2)19-13-21-12(10-5-4-6-11(24)7-10)22-14(23-13)20-9(3)15(16,17)18/h7-9,11,24H,4-6H2,1-3H3,(H2,19,20,21,22,23)/t9?,11-/m1/s1. The molecule has 1 aromatic heterocycles. The van der Waals surface area contributed by atoms with Crippen LogP contribution in [0.5, 0.6) is 0 Å². The number of aromatic nitrogens is 3. The van der Waals surface area contributed by atoms with Gasteiger partial charge in [-0.1, -0.05) is 0 Å². The van der Waals surface area contributed by atoms with E-state index in [4.69, 9.17) is 0 Å². The van der Waals surface area contributed by atoms with E-state index < -0.39 is 18.3 Å². The van der Waals surface area contributed by atoms with Crippen LogP contribution in [0.15, 0.2) is 6.08 Å². The molecular weight excluding hydrogens is 323 g/mol. The van der Waals surface area contributed by atoms with Crippen LogP contribution < -0.4 is 10.6 Å². The summed E-state index contributed by atoms with van der Waals surface area (Å²) >= 11 is 0. The zero-order chi connectivity index (χ0) is 17.9. The largest absolute Gasteiger partial charge is 0.408 e. The van der Waals surface area contributed by atoms with Gasteiger partial charge in [0.25, 0.3) is 0 Å². The third-order valence-corrected chi connectivity index (χ3v) is 3.52. The van der Waals surface area contributed by atoms with E-state index in [0.29, 0.717) is 18.4 Å². The Bertz CT molecular complexity index is 603. The number of aliphatic hydroxyl groups is 1. The third-order valence-electron chi connectivity index (χ3n) is 3.52. The summed E-state index contributed by atoms with van der Waals surface area (Å²) in [6.45, 7) is 4.75. The van der Waals surface area contributed by atoms with Crippen LogP contribution in [0.25, 0.3) is 5.57 Å². The van der Waals surface area contributed by atoms with Crippen LogP contribution in [-0.2, 0) is 0 Å². The number of allylic oxidation sites excluding steroid dienone is 1. The summed E-state index contributed by atoms with van der Waals surface area (Å²) in [5.41, 5.74) is 0.714. The smallest absolute Gasteiger partial charge is 0.389 e. The number of hydrogen-bond acceptors (Lipinski definition) is 6. The van der Waals surface area contributed by atoms with Crippen LogP contribution in [0.2, 0.25) is 0 Å². The molecule has 0 bridgehead atoms. The summed E-state index contributed by atoms with van der Waals surface area (Å²) in [6, 6.07) is -1.77. The number of rotatable bonds is 5. The van der Waals surface area contributed by atoms with Crippen molar-refractivity contribution in [2.75, 3.05) is 10.6 Å². The van der Waals surface area contributed by atoms with Crippen molar-refractivity contribution in [1.82, 2.24) is 15.0 Å². The molecule has 0 fully saturated rings. The lowest BCUT2D eigenvalue weighted by Crippen LogP contribution is -2.34. The van der Waals surface area contributed by atoms with E-state index in [1.165, 1.54) is 0 Å². The molecular formula is C15H22F3N5O. The molecule has 1 heterocycles. The van der Waals surface area contributed by atoms with Crippen molar-refractivity contribution in [2.24, 2.45) is 0 Å². The van der Waals surface area contributed by atoms with Gasteiger partial charge >= 0.3 is 6.18 Å². The van der Waals surface area contributed by atoms with E-state index in [9.17, 15) is 18.3 Å². The minimum atomic E-state index is -4.40. The molecule has 0 saturated heterocycles. The van der Waals surface area contributed by atoms with Gasteiger partial charge in [-0.25, -0.2) is 0 Å². The maximum absolute atomic E-state index is 12.8. The highest BCUT2D eigenvalue weighted by molar-refractivity contribution is 5.63. The molecule has 0 aliphatic heterocycles. The van der Waals surface area contributed by atoms with Gasteiger partial charge < -0.3 is 15.7 Å². The van der Waals surface area contributed by atoms with Crippen molar-refractivity contribution in [3.63, 3.8) is 0 Å². The third kappa shape index (κ3) is 5.05. The number of alkyl halides is 3. The monoisotopic (exact) mass is 345 g/mol. The van der Waals surface area contributed by atoms with Crippen LogP contribution in [-0.4, -0.2) is 44.4 Å². The van der Waals surface area contributed by atoms with E-state index in [1.807, 2.05) is 13.8 Å². The minimum absolute atomic E-state index is 0.0130. The van der Waals surface area contributed by atoms with Gasteiger partial charge in [-0.2, -0.15) is 28.1 Å². The van der Waals surface area contributed by atoms with Crippen molar-refractivity contribution in [2.45, 2.75) is 64.4 Å². The Morgan fingerprint density at radius 3 is 2.29 bits per heavy atom. The second-order valence-corrected chi connectivity index (χ2v) is 6.16. The van der Waals surface area contributed by atoms with E-state index in [2.05, 4.69) is 25.6 Å². The van der Waals surface area contributed by atoms with Crippen molar-refractivity contribution in [3.8, 4) is 0 Å². The second kappa shape index (κ2) is 7.33. The summed E-state index contributed by atoms with van der Waals surface area (Å²) in [7, 11) is 0. The molecule has 0 radical (unpaired) electrons. The van der Waals surface area contributed by atoms with Gasteiger partial charge in [0.15, 0.2) is 5.82 Å². The average Bonchev–Trinajstić information content (AvgIpc) is 2.45. The molecule has 2 rings (SSSR count). The summed E-state index contributed by atoms with van der Waals surface area (Å²) in [4.78, 5) is 12.4. The molecule has 0 spiro atoms. The molecule has 1 aromatic rings. The number of anilines is 2. The Labute approximate surface area is 138 Å². The van der Waals surface area contributed by atoms with Gasteiger partial charge in [-0.05, 0) is 51.7 Å². The Morgan fingerprint density at radius 1 is 1.12 bits per heavy atom. The predicted molar refractivity (Wildman–Crippen MR) is 85.6 cm³/mol. The van der Waals surface area contributed by atoms with Crippen molar-refractivity contribution in [3.05, 3.63) is 11.9 Å². The second-order valence-electron chi connectivity index (χ2n) is 6.16. The van der Waals surface area contributed by atoms with Gasteiger partial charge in [-0.15, -0.1) is 0 Å². The van der Waals surface area contributed by atoms with E-state index in [-0.39, 0.29) is 23.8 Å². The Kier molecular flexibility index (Phi) is 5.63. The van der Waals surface area contributed by atoms with Gasteiger partial charge in [0.05, 0.1) is 6.10 Å². The molecule has 0 saturated carbocycles. The molecule has 6 nitrogen and oxygen atoms in total. The molecule has 0 amide bonds. The maximum atomic E-state index is 12.8. The number of nitrogens with one attached hydrogen (secondary N) is 2. The predicted octanol–water partition coefficient (Wildman–Crippen LogP) is 2.98. The summed E-state index contributed by atoms with van der Waals surface area (Å²) in [6.07, 6.45) is -1.25. The van der Waals surface area contributed by atoms with Crippen molar-refractivity contribution >= 4 is 17.5 Å². The van der Waals surface area contributed by atoms with E-state index in [1.54, 1.807) is 6.08 Å². The highest BCUT2D eigenvalue weighted by atomic mass is 19.4. The first-order valence-electron chi connectivity index (χ1n) is 7.90. The fourth-order valence-corrected chi connectivity index (χ4v) is 2.27. The van der Waals surface area contributed by atoms with Gasteiger partial charge in [0, 0.05) is 6.04 Å². The zero-order valence-electron chi connectivity index (χ0n) is 13.9. The van der Waals surface area contributed by atoms with Crippen molar-refractivity contribution in [1.29, 1.82) is 0 Å². The van der Waals surface area contributed by atoms with Gasteiger partial charge in [0.1, 0.15) is 6.04 Å². The Balaban J connectivity index is 2.34. The topological polar surface area (TPSA) is 83.0 Å². The van der Waals surface area contributed by atoms with Crippen molar-refractivity contribution < 1.29 is 18.3 Å². The summed E-state index contributed by atoms with van der Waals surface area (Å²) < 4.78 is 38.3. The van der Waals surface area contributed by atoms with E-state index in [0.717, 1.165) is 13.3 Å². The molecule has 1 unspecified atom stereocenters. The van der Waals surface area contributed by atoms with Crippen LogP contribution in [0.4, 0.5) is 25.1 Å². The summed E-state index contributed by atoms with van der Waals surface area (Å²) in [5.74, 6) is 0.338. The number of nitrogens with zero attached hydrogens (tertiary/aromatic N) is 3. The number of hydrogen-bond donors (Lipinski definition) is 3. The van der Waals surface area contributed by atoms with Crippen LogP contribution >= 0.6 is 0 Å². The van der Waals surface area contributed by atoms with E-state index >= 15 is 0 Å². The highest BCUT2D eigenvalue weighted by Crippen LogP contribution is 2.27. The molecule has 3 N–H and O–H groups in total. The molecule has 24 heavy (non-hydrogen) atoms. The van der Waals surface area contributed by atoms with Gasteiger partial charge in [0.2, 0.25) is 11.9 Å². The summed E-state index contributed by atoms with van der Waals surface area (Å²) in [5, 5.41) is 15.0. The molecule has 1 aliphatic rings. The highest BCUT2D eigenvalue weighted by Gasteiger charge is 2.36. The van der Waals surface area contributed by atoms with Crippen LogP contribution in [0.1, 0.15) is 45.9 Å². The molecule has 2 atom stereocenters. The Morgan fingerprint density at radius 2 is 1.75 bits per heavy atom. The lowest BCUT2D eigenvalue weighted by atomic mass is 9.97. The lowest BCUT2D eigenvalue weighted by Gasteiger charge is -2.20. The fourth-order valence-electron chi connectivity index (χ4n) is 2.27. The van der Waals surface area contributed by atoms with Crippen LogP contribution in [0, 0.1) is 0 Å². The lowest BCUT2D eigenvalue weighted by molar-refractivity contribution is -0.138. The SMILES string of the molecule is CC(C)Nc1nc(NC(C)C(F)(F)F)nc(C2=C[C@H](O)CCC2)n1. The zero-order valence-corrected chi connectivity index (χ0v) is 13.9. The molecule has 9 heteroatoms. The first-order valence-corrected chi connectivity index (χ1v) is 7.90. The minimum Gasteiger partial charge on any atom is -0.389 e. The van der Waals surface area contributed by atoms with Crippen LogP contribution in [0.3, 0.4) is 0 Å². The maximum Gasteiger partial charge on any atom is 0.408 e. The molecule has 0 aromatic carbocycles.